The molecule has 28 heavy (non-hydrogen) atoms. The number of aryl methyl sites for hydroxylation is 1. The van der Waals surface area contributed by atoms with Gasteiger partial charge in [0, 0.05) is 35.7 Å². The van der Waals surface area contributed by atoms with Crippen LogP contribution in [0.3, 0.4) is 0 Å². The second kappa shape index (κ2) is 9.26. The molecule has 0 saturated heterocycles. The van der Waals surface area contributed by atoms with Gasteiger partial charge in [-0.3, -0.25) is 9.48 Å². The highest BCUT2D eigenvalue weighted by Gasteiger charge is 2.16. The maximum absolute atomic E-state index is 12.5. The van der Waals surface area contributed by atoms with E-state index in [0.29, 0.717) is 12.3 Å². The summed E-state index contributed by atoms with van der Waals surface area (Å²) in [5.74, 6) is 1.34. The summed E-state index contributed by atoms with van der Waals surface area (Å²) in [7, 11) is 0. The molecule has 1 saturated carbocycles. The van der Waals surface area contributed by atoms with E-state index < -0.39 is 0 Å². The van der Waals surface area contributed by atoms with Gasteiger partial charge in [0.25, 0.3) is 0 Å². The maximum atomic E-state index is 12.5. The van der Waals surface area contributed by atoms with Crippen LogP contribution in [0.15, 0.2) is 24.3 Å². The number of anilines is 2. The lowest BCUT2D eigenvalue weighted by molar-refractivity contribution is -0.115. The van der Waals surface area contributed by atoms with E-state index in [9.17, 15) is 4.79 Å². The molecule has 1 aromatic carbocycles. The topological polar surface area (TPSA) is 59.0 Å². The Morgan fingerprint density at radius 2 is 1.79 bits per heavy atom. The Kier molecular flexibility index (Phi) is 6.76. The van der Waals surface area contributed by atoms with Gasteiger partial charge in [-0.15, -0.1) is 0 Å². The van der Waals surface area contributed by atoms with Gasteiger partial charge < -0.3 is 10.6 Å². The molecule has 0 atom stereocenters. The highest BCUT2D eigenvalue weighted by atomic mass is 16.1. The average molecular weight is 383 g/mol. The van der Waals surface area contributed by atoms with Gasteiger partial charge in [0.05, 0.1) is 12.1 Å². The number of hydrogen-bond donors (Lipinski definition) is 2. The monoisotopic (exact) mass is 382 g/mol. The summed E-state index contributed by atoms with van der Waals surface area (Å²) in [5, 5.41) is 11.1. The third kappa shape index (κ3) is 5.37. The molecule has 1 amide bonds. The van der Waals surface area contributed by atoms with Crippen molar-refractivity contribution in [2.24, 2.45) is 11.8 Å². The minimum Gasteiger partial charge on any atom is -0.385 e. The smallest absolute Gasteiger partial charge is 0.228 e. The minimum atomic E-state index is 0.00182. The second-order valence-corrected chi connectivity index (χ2v) is 8.56. The first-order chi connectivity index (χ1) is 13.4. The first kappa shape index (κ1) is 20.4. The van der Waals surface area contributed by atoms with E-state index in [4.69, 9.17) is 0 Å². The average Bonchev–Trinajstić information content (AvgIpc) is 3.25. The van der Waals surface area contributed by atoms with Crippen LogP contribution in [0.4, 0.5) is 11.4 Å². The number of carbonyl (C=O) groups is 1. The molecular formula is C23H34N4O. The highest BCUT2D eigenvalue weighted by Crippen LogP contribution is 2.25. The summed E-state index contributed by atoms with van der Waals surface area (Å²) >= 11 is 0. The van der Waals surface area contributed by atoms with Gasteiger partial charge in [-0.05, 0) is 62.8 Å². The molecule has 0 aliphatic heterocycles. The maximum Gasteiger partial charge on any atom is 0.228 e. The Balaban J connectivity index is 1.54. The molecule has 2 aromatic rings. The number of carbonyl (C=O) groups excluding carboxylic acids is 1. The van der Waals surface area contributed by atoms with E-state index in [2.05, 4.69) is 36.5 Å². The van der Waals surface area contributed by atoms with Gasteiger partial charge in [0.2, 0.25) is 5.91 Å². The summed E-state index contributed by atoms with van der Waals surface area (Å²) in [6, 6.07) is 8.02. The number of benzene rings is 1. The van der Waals surface area contributed by atoms with Gasteiger partial charge in [-0.25, -0.2) is 0 Å². The fraction of sp³-hybridized carbons (Fsp3) is 0.565. The summed E-state index contributed by atoms with van der Waals surface area (Å²) in [4.78, 5) is 12.5. The molecular weight excluding hydrogens is 348 g/mol. The summed E-state index contributed by atoms with van der Waals surface area (Å²) in [6.07, 6.45) is 5.78. The van der Waals surface area contributed by atoms with E-state index >= 15 is 0 Å². The predicted molar refractivity (Wildman–Crippen MR) is 116 cm³/mol. The van der Waals surface area contributed by atoms with Gasteiger partial charge in [-0.2, -0.15) is 5.10 Å². The number of amides is 1. The van der Waals surface area contributed by atoms with Crippen molar-refractivity contribution in [3.63, 3.8) is 0 Å². The molecule has 152 valence electrons. The van der Waals surface area contributed by atoms with Crippen LogP contribution in [0.5, 0.6) is 0 Å². The van der Waals surface area contributed by atoms with Crippen molar-refractivity contribution in [2.75, 3.05) is 17.2 Å². The third-order valence-electron chi connectivity index (χ3n) is 5.65. The number of aromatic nitrogens is 2. The molecule has 1 aliphatic rings. The molecule has 1 aromatic heterocycles. The normalized spacial score (nSPS) is 14.6. The van der Waals surface area contributed by atoms with E-state index in [1.807, 2.05) is 35.9 Å². The first-order valence-corrected chi connectivity index (χ1v) is 10.6. The molecule has 0 spiro atoms. The molecule has 1 heterocycles. The van der Waals surface area contributed by atoms with Crippen molar-refractivity contribution in [1.29, 1.82) is 0 Å². The molecule has 0 bridgehead atoms. The Hall–Kier alpha value is -2.30. The lowest BCUT2D eigenvalue weighted by Crippen LogP contribution is -2.16. The van der Waals surface area contributed by atoms with Crippen LogP contribution in [-0.4, -0.2) is 22.2 Å². The molecule has 1 aliphatic carbocycles. The Morgan fingerprint density at radius 3 is 2.43 bits per heavy atom. The molecule has 0 unspecified atom stereocenters. The number of rotatable bonds is 8. The van der Waals surface area contributed by atoms with Crippen LogP contribution < -0.4 is 10.6 Å². The SMILES string of the molecule is Cc1nn(CC(C)C)c(C)c1CC(=O)Nc1ccc(NCC2CCCC2)cc1. The van der Waals surface area contributed by atoms with E-state index in [1.54, 1.807) is 0 Å². The van der Waals surface area contributed by atoms with Crippen LogP contribution >= 0.6 is 0 Å². The molecule has 1 fully saturated rings. The zero-order chi connectivity index (χ0) is 20.1. The molecule has 5 heteroatoms. The fourth-order valence-corrected chi connectivity index (χ4v) is 4.03. The van der Waals surface area contributed by atoms with Crippen LogP contribution in [0.2, 0.25) is 0 Å². The fourth-order valence-electron chi connectivity index (χ4n) is 4.03. The first-order valence-electron chi connectivity index (χ1n) is 10.6. The zero-order valence-electron chi connectivity index (χ0n) is 17.7. The standard InChI is InChI=1S/C23H34N4O/c1-16(2)15-27-18(4)22(17(3)26-27)13-23(28)25-21-11-9-20(10-12-21)24-14-19-7-5-6-8-19/h9-12,16,19,24H,5-8,13-15H2,1-4H3,(H,25,28). The van der Waals surface area contributed by atoms with Gasteiger partial charge in [0.1, 0.15) is 0 Å². The zero-order valence-corrected chi connectivity index (χ0v) is 17.7. The van der Waals surface area contributed by atoms with Crippen molar-refractivity contribution in [1.82, 2.24) is 9.78 Å². The van der Waals surface area contributed by atoms with Crippen LogP contribution in [0.25, 0.3) is 0 Å². The van der Waals surface area contributed by atoms with Gasteiger partial charge in [0.15, 0.2) is 0 Å². The highest BCUT2D eigenvalue weighted by molar-refractivity contribution is 5.92. The van der Waals surface area contributed by atoms with E-state index in [1.165, 1.54) is 25.7 Å². The number of hydrogen-bond acceptors (Lipinski definition) is 3. The van der Waals surface area contributed by atoms with Crippen LogP contribution in [-0.2, 0) is 17.8 Å². The van der Waals surface area contributed by atoms with Crippen molar-refractivity contribution >= 4 is 17.3 Å². The summed E-state index contributed by atoms with van der Waals surface area (Å²) in [6.45, 7) is 10.3. The Morgan fingerprint density at radius 1 is 1.14 bits per heavy atom. The third-order valence-corrected chi connectivity index (χ3v) is 5.65. The van der Waals surface area contributed by atoms with Gasteiger partial charge in [-0.1, -0.05) is 26.7 Å². The largest absolute Gasteiger partial charge is 0.385 e. The Labute approximate surface area is 168 Å². The Bertz CT molecular complexity index is 786. The van der Waals surface area contributed by atoms with Crippen molar-refractivity contribution in [2.45, 2.75) is 66.3 Å². The van der Waals surface area contributed by atoms with Crippen molar-refractivity contribution in [3.05, 3.63) is 41.2 Å². The number of nitrogens with one attached hydrogen (secondary N) is 2. The second-order valence-electron chi connectivity index (χ2n) is 8.56. The summed E-state index contributed by atoms with van der Waals surface area (Å²) < 4.78 is 2.02. The molecule has 2 N–H and O–H groups in total. The number of nitrogens with zero attached hydrogens (tertiary/aromatic N) is 2. The van der Waals surface area contributed by atoms with Crippen LogP contribution in [0, 0.1) is 25.7 Å². The summed E-state index contributed by atoms with van der Waals surface area (Å²) in [5.41, 5.74) is 5.02. The minimum absolute atomic E-state index is 0.00182. The molecule has 3 rings (SSSR count). The molecule has 5 nitrogen and oxygen atoms in total. The molecule has 0 radical (unpaired) electrons. The van der Waals surface area contributed by atoms with Crippen LogP contribution in [0.1, 0.15) is 56.5 Å². The van der Waals surface area contributed by atoms with E-state index in [-0.39, 0.29) is 5.91 Å². The van der Waals surface area contributed by atoms with E-state index in [0.717, 1.165) is 47.3 Å². The quantitative estimate of drug-likeness (QED) is 0.680. The van der Waals surface area contributed by atoms with Crippen molar-refractivity contribution in [3.8, 4) is 0 Å². The van der Waals surface area contributed by atoms with Crippen molar-refractivity contribution < 1.29 is 4.79 Å². The van der Waals surface area contributed by atoms with Gasteiger partial charge >= 0.3 is 0 Å². The lowest BCUT2D eigenvalue weighted by atomic mass is 10.1. The predicted octanol–water partition coefficient (Wildman–Crippen LogP) is 4.94. The lowest BCUT2D eigenvalue weighted by Gasteiger charge is -2.12.